The lowest BCUT2D eigenvalue weighted by Gasteiger charge is -2.31. The molecule has 154 valence electrons. The summed E-state index contributed by atoms with van der Waals surface area (Å²) >= 11 is 0. The SMILES string of the molecule is Cc1ccc2c(c1)c(=O)n(C)c1nnc(CN3CCCc4cc(C(C)C)ccc43)n21. The van der Waals surface area contributed by atoms with Gasteiger partial charge >= 0.3 is 0 Å². The monoisotopic (exact) mass is 401 g/mol. The number of nitrogens with zero attached hydrogens (tertiary/aromatic N) is 5. The van der Waals surface area contributed by atoms with Crippen molar-refractivity contribution in [1.29, 1.82) is 0 Å². The molecule has 1 aliphatic heterocycles. The fourth-order valence-corrected chi connectivity index (χ4v) is 4.55. The molecule has 2 aromatic carbocycles. The van der Waals surface area contributed by atoms with Crippen LogP contribution in [0.5, 0.6) is 0 Å². The molecule has 30 heavy (non-hydrogen) atoms. The number of anilines is 1. The van der Waals surface area contributed by atoms with E-state index in [4.69, 9.17) is 0 Å². The second-order valence-corrected chi connectivity index (χ2v) is 8.70. The Bertz CT molecular complexity index is 1330. The zero-order chi connectivity index (χ0) is 21.0. The lowest BCUT2D eigenvalue weighted by Crippen LogP contribution is -2.30. The molecule has 0 N–H and O–H groups in total. The first-order valence-electron chi connectivity index (χ1n) is 10.6. The first kappa shape index (κ1) is 18.9. The highest BCUT2D eigenvalue weighted by molar-refractivity contribution is 5.81. The molecule has 0 fully saturated rings. The van der Waals surface area contributed by atoms with E-state index in [1.54, 1.807) is 11.6 Å². The largest absolute Gasteiger partial charge is 0.364 e. The molecule has 3 heterocycles. The Hall–Kier alpha value is -3.15. The van der Waals surface area contributed by atoms with E-state index in [2.05, 4.69) is 47.1 Å². The van der Waals surface area contributed by atoms with Crippen molar-refractivity contribution in [2.75, 3.05) is 11.4 Å². The lowest BCUT2D eigenvalue weighted by molar-refractivity contribution is 0.669. The highest BCUT2D eigenvalue weighted by atomic mass is 16.1. The molecule has 6 heteroatoms. The van der Waals surface area contributed by atoms with Gasteiger partial charge in [0.15, 0.2) is 5.82 Å². The standard InChI is InChI=1S/C24H27N5O/c1-15(2)17-8-10-20-18(13-17)6-5-11-28(20)14-22-25-26-24-27(4)23(30)19-12-16(3)7-9-21(19)29(22)24/h7-10,12-13,15H,5-6,11,14H2,1-4H3. The van der Waals surface area contributed by atoms with Crippen LogP contribution >= 0.6 is 0 Å². The third-order valence-corrected chi connectivity index (χ3v) is 6.26. The maximum absolute atomic E-state index is 12.8. The summed E-state index contributed by atoms with van der Waals surface area (Å²) in [7, 11) is 1.77. The molecule has 0 radical (unpaired) electrons. The van der Waals surface area contributed by atoms with Crippen molar-refractivity contribution in [2.24, 2.45) is 7.05 Å². The van der Waals surface area contributed by atoms with Crippen LogP contribution in [0.2, 0.25) is 0 Å². The minimum Gasteiger partial charge on any atom is -0.364 e. The van der Waals surface area contributed by atoms with Crippen LogP contribution in [0.15, 0.2) is 41.2 Å². The number of rotatable bonds is 3. The molecule has 0 unspecified atom stereocenters. The molecular weight excluding hydrogens is 374 g/mol. The van der Waals surface area contributed by atoms with Crippen LogP contribution in [0, 0.1) is 6.92 Å². The van der Waals surface area contributed by atoms with Crippen LogP contribution in [-0.2, 0) is 20.0 Å². The molecule has 2 aromatic heterocycles. The minimum absolute atomic E-state index is 0.0373. The van der Waals surface area contributed by atoms with Gasteiger partial charge in [0.05, 0.1) is 17.4 Å². The van der Waals surface area contributed by atoms with Crippen LogP contribution in [0.4, 0.5) is 5.69 Å². The number of fused-ring (bicyclic) bond motifs is 4. The molecule has 4 aromatic rings. The highest BCUT2D eigenvalue weighted by Crippen LogP contribution is 2.31. The van der Waals surface area contributed by atoms with Gasteiger partial charge in [-0.05, 0) is 55.0 Å². The Morgan fingerprint density at radius 1 is 1.10 bits per heavy atom. The van der Waals surface area contributed by atoms with E-state index < -0.39 is 0 Å². The molecule has 6 nitrogen and oxygen atoms in total. The molecule has 0 atom stereocenters. The molecule has 0 amide bonds. The third kappa shape index (κ3) is 2.90. The summed E-state index contributed by atoms with van der Waals surface area (Å²) in [6.45, 7) is 8.14. The Labute approximate surface area is 175 Å². The number of aryl methyl sites for hydroxylation is 3. The van der Waals surface area contributed by atoms with E-state index in [1.807, 2.05) is 29.5 Å². The van der Waals surface area contributed by atoms with Crippen molar-refractivity contribution in [3.8, 4) is 0 Å². The fraction of sp³-hybridized carbons (Fsp3) is 0.375. The summed E-state index contributed by atoms with van der Waals surface area (Å²) in [5, 5.41) is 9.55. The molecule has 5 rings (SSSR count). The van der Waals surface area contributed by atoms with Crippen molar-refractivity contribution in [3.05, 3.63) is 69.3 Å². The van der Waals surface area contributed by atoms with Crippen molar-refractivity contribution in [2.45, 2.75) is 46.1 Å². The van der Waals surface area contributed by atoms with Gasteiger partial charge < -0.3 is 4.90 Å². The van der Waals surface area contributed by atoms with E-state index in [-0.39, 0.29) is 5.56 Å². The van der Waals surface area contributed by atoms with Gasteiger partial charge in [0.25, 0.3) is 5.56 Å². The second kappa shape index (κ2) is 6.97. The van der Waals surface area contributed by atoms with Crippen LogP contribution in [0.25, 0.3) is 16.7 Å². The first-order valence-corrected chi connectivity index (χ1v) is 10.6. The second-order valence-electron chi connectivity index (χ2n) is 8.70. The average Bonchev–Trinajstić information content (AvgIpc) is 3.15. The Kier molecular flexibility index (Phi) is 4.38. The summed E-state index contributed by atoms with van der Waals surface area (Å²) in [4.78, 5) is 15.2. The van der Waals surface area contributed by atoms with E-state index in [9.17, 15) is 4.79 Å². The van der Waals surface area contributed by atoms with Gasteiger partial charge in [0.1, 0.15) is 0 Å². The van der Waals surface area contributed by atoms with Crippen LogP contribution < -0.4 is 10.5 Å². The predicted molar refractivity (Wildman–Crippen MR) is 120 cm³/mol. The normalized spacial score (nSPS) is 14.1. The van der Waals surface area contributed by atoms with Crippen molar-refractivity contribution in [3.63, 3.8) is 0 Å². The minimum atomic E-state index is -0.0373. The number of aromatic nitrogens is 4. The van der Waals surface area contributed by atoms with E-state index in [1.165, 1.54) is 16.8 Å². The molecule has 0 bridgehead atoms. The van der Waals surface area contributed by atoms with Gasteiger partial charge in [0, 0.05) is 19.3 Å². The topological polar surface area (TPSA) is 55.4 Å². The van der Waals surface area contributed by atoms with Crippen molar-refractivity contribution < 1.29 is 0 Å². The molecule has 0 spiro atoms. The summed E-state index contributed by atoms with van der Waals surface area (Å²) < 4.78 is 3.63. The van der Waals surface area contributed by atoms with Gasteiger partial charge in [-0.1, -0.05) is 37.6 Å². The van der Waals surface area contributed by atoms with Gasteiger partial charge in [-0.2, -0.15) is 0 Å². The number of benzene rings is 2. The Morgan fingerprint density at radius 2 is 1.93 bits per heavy atom. The van der Waals surface area contributed by atoms with Crippen LogP contribution in [-0.4, -0.2) is 25.7 Å². The molecular formula is C24H27N5O. The maximum Gasteiger partial charge on any atom is 0.262 e. The van der Waals surface area contributed by atoms with E-state index in [0.29, 0.717) is 23.6 Å². The van der Waals surface area contributed by atoms with Gasteiger partial charge in [-0.15, -0.1) is 10.2 Å². The Morgan fingerprint density at radius 3 is 2.73 bits per heavy atom. The number of hydrogen-bond acceptors (Lipinski definition) is 4. The summed E-state index contributed by atoms with van der Waals surface area (Å²) in [5.74, 6) is 1.97. The van der Waals surface area contributed by atoms with E-state index >= 15 is 0 Å². The first-order chi connectivity index (χ1) is 14.4. The highest BCUT2D eigenvalue weighted by Gasteiger charge is 2.21. The average molecular weight is 402 g/mol. The fourth-order valence-electron chi connectivity index (χ4n) is 4.55. The Balaban J connectivity index is 1.63. The van der Waals surface area contributed by atoms with Crippen molar-refractivity contribution in [1.82, 2.24) is 19.2 Å². The van der Waals surface area contributed by atoms with Crippen molar-refractivity contribution >= 4 is 22.4 Å². The van der Waals surface area contributed by atoms with Crippen LogP contribution in [0.3, 0.4) is 0 Å². The summed E-state index contributed by atoms with van der Waals surface area (Å²) in [6.07, 6.45) is 2.24. The third-order valence-electron chi connectivity index (χ3n) is 6.26. The predicted octanol–water partition coefficient (Wildman–Crippen LogP) is 3.97. The summed E-state index contributed by atoms with van der Waals surface area (Å²) in [5.41, 5.74) is 5.98. The van der Waals surface area contributed by atoms with E-state index in [0.717, 1.165) is 36.3 Å². The van der Waals surface area contributed by atoms with Gasteiger partial charge in [-0.25, -0.2) is 0 Å². The lowest BCUT2D eigenvalue weighted by atomic mass is 9.95. The molecule has 0 aliphatic carbocycles. The van der Waals surface area contributed by atoms with Gasteiger partial charge in [0.2, 0.25) is 5.78 Å². The molecule has 0 saturated carbocycles. The summed E-state index contributed by atoms with van der Waals surface area (Å²) in [6, 6.07) is 12.8. The quantitative estimate of drug-likeness (QED) is 0.521. The molecule has 1 aliphatic rings. The number of hydrogen-bond donors (Lipinski definition) is 0. The molecule has 0 saturated heterocycles. The maximum atomic E-state index is 12.8. The zero-order valence-corrected chi connectivity index (χ0v) is 18.0. The smallest absolute Gasteiger partial charge is 0.262 e. The zero-order valence-electron chi connectivity index (χ0n) is 18.0. The van der Waals surface area contributed by atoms with Gasteiger partial charge in [-0.3, -0.25) is 13.8 Å². The van der Waals surface area contributed by atoms with Crippen LogP contribution in [0.1, 0.15) is 48.7 Å².